The molecular weight excluding hydrogens is 398 g/mol. The molecule has 156 valence electrons. The molecule has 1 aliphatic heterocycles. The smallest absolute Gasteiger partial charge is 0.327 e. The first-order valence-electron chi connectivity index (χ1n) is 9.63. The van der Waals surface area contributed by atoms with Crippen molar-refractivity contribution in [2.45, 2.75) is 51.2 Å². The number of nitrogens with one attached hydrogen (secondary N) is 2. The predicted molar refractivity (Wildman–Crippen MR) is 106 cm³/mol. The van der Waals surface area contributed by atoms with Gasteiger partial charge >= 0.3 is 12.0 Å². The molecule has 2 aliphatic rings. The van der Waals surface area contributed by atoms with Gasteiger partial charge in [-0.05, 0) is 49.9 Å². The van der Waals surface area contributed by atoms with Crippen molar-refractivity contribution >= 4 is 41.1 Å². The third kappa shape index (κ3) is 4.37. The van der Waals surface area contributed by atoms with E-state index in [-0.39, 0.29) is 5.92 Å². The predicted octanol–water partition coefficient (Wildman–Crippen LogP) is 2.71. The molecule has 1 aromatic rings. The SMILES string of the molecule is CC(OC(=O)CN1C(=O)NC2(CCCCC2C)C1=O)C(=O)Nc1ccc(Cl)cc1. The number of amides is 4. The monoisotopic (exact) mass is 421 g/mol. The molecule has 2 fully saturated rings. The molecule has 1 spiro atoms. The molecule has 3 atom stereocenters. The summed E-state index contributed by atoms with van der Waals surface area (Å²) in [7, 11) is 0. The third-order valence-electron chi connectivity index (χ3n) is 5.58. The maximum absolute atomic E-state index is 12.9. The lowest BCUT2D eigenvalue weighted by atomic mass is 9.73. The number of hydrogen-bond donors (Lipinski definition) is 2. The molecule has 3 rings (SSSR count). The second-order valence-corrected chi connectivity index (χ2v) is 8.00. The normalized spacial score (nSPS) is 24.9. The van der Waals surface area contributed by atoms with Crippen molar-refractivity contribution in [3.63, 3.8) is 0 Å². The number of halogens is 1. The number of imide groups is 1. The molecule has 4 amide bonds. The van der Waals surface area contributed by atoms with Gasteiger partial charge in [0, 0.05) is 10.7 Å². The fraction of sp³-hybridized carbons (Fsp3) is 0.500. The van der Waals surface area contributed by atoms with Gasteiger partial charge in [0.1, 0.15) is 12.1 Å². The Bertz CT molecular complexity index is 828. The number of nitrogens with zero attached hydrogens (tertiary/aromatic N) is 1. The summed E-state index contributed by atoms with van der Waals surface area (Å²) < 4.78 is 5.12. The molecule has 3 unspecified atom stereocenters. The number of anilines is 1. The van der Waals surface area contributed by atoms with Gasteiger partial charge in [-0.2, -0.15) is 0 Å². The van der Waals surface area contributed by atoms with E-state index >= 15 is 0 Å². The van der Waals surface area contributed by atoms with E-state index in [1.807, 2.05) is 6.92 Å². The highest BCUT2D eigenvalue weighted by atomic mass is 35.5. The molecule has 1 heterocycles. The van der Waals surface area contributed by atoms with Gasteiger partial charge in [-0.15, -0.1) is 0 Å². The molecule has 0 bridgehead atoms. The fourth-order valence-corrected chi connectivity index (χ4v) is 3.96. The van der Waals surface area contributed by atoms with Crippen molar-refractivity contribution < 1.29 is 23.9 Å². The molecule has 1 aliphatic carbocycles. The molecule has 8 nitrogen and oxygen atoms in total. The van der Waals surface area contributed by atoms with E-state index in [1.165, 1.54) is 6.92 Å². The van der Waals surface area contributed by atoms with Crippen LogP contribution in [0.4, 0.5) is 10.5 Å². The van der Waals surface area contributed by atoms with Crippen molar-refractivity contribution in [2.24, 2.45) is 5.92 Å². The maximum Gasteiger partial charge on any atom is 0.327 e. The van der Waals surface area contributed by atoms with E-state index in [1.54, 1.807) is 24.3 Å². The summed E-state index contributed by atoms with van der Waals surface area (Å²) in [5.74, 6) is -1.76. The molecule has 29 heavy (non-hydrogen) atoms. The molecule has 0 radical (unpaired) electrons. The molecule has 0 aromatic heterocycles. The van der Waals surface area contributed by atoms with Crippen LogP contribution in [0.15, 0.2) is 24.3 Å². The van der Waals surface area contributed by atoms with Gasteiger partial charge in [-0.1, -0.05) is 31.4 Å². The lowest BCUT2D eigenvalue weighted by Gasteiger charge is -2.36. The Kier molecular flexibility index (Phi) is 6.12. The van der Waals surface area contributed by atoms with Crippen molar-refractivity contribution in [2.75, 3.05) is 11.9 Å². The van der Waals surface area contributed by atoms with Crippen LogP contribution in [0.25, 0.3) is 0 Å². The highest BCUT2D eigenvalue weighted by Gasteiger charge is 2.55. The lowest BCUT2D eigenvalue weighted by molar-refractivity contribution is -0.155. The van der Waals surface area contributed by atoms with E-state index in [0.29, 0.717) is 17.1 Å². The minimum absolute atomic E-state index is 0.00204. The number of urea groups is 1. The average Bonchev–Trinajstić information content (AvgIpc) is 2.91. The van der Waals surface area contributed by atoms with Crippen LogP contribution in [0.5, 0.6) is 0 Å². The average molecular weight is 422 g/mol. The standard InChI is InChI=1S/C20H24ClN3O5/c1-12-5-3-4-10-20(12)18(27)24(19(28)23-20)11-16(25)29-13(2)17(26)22-15-8-6-14(21)7-9-15/h6-9,12-13H,3-5,10-11H2,1-2H3,(H,22,26)(H,23,28). The molecule has 1 aromatic carbocycles. The van der Waals surface area contributed by atoms with Gasteiger partial charge in [0.25, 0.3) is 11.8 Å². The number of benzene rings is 1. The van der Waals surface area contributed by atoms with Crippen molar-refractivity contribution in [3.05, 3.63) is 29.3 Å². The lowest BCUT2D eigenvalue weighted by Crippen LogP contribution is -2.54. The number of esters is 1. The van der Waals surface area contributed by atoms with Crippen LogP contribution in [-0.4, -0.2) is 46.9 Å². The Morgan fingerprint density at radius 3 is 2.66 bits per heavy atom. The van der Waals surface area contributed by atoms with E-state index in [0.717, 1.165) is 24.2 Å². The Hall–Kier alpha value is -2.61. The fourth-order valence-electron chi connectivity index (χ4n) is 3.83. The quantitative estimate of drug-likeness (QED) is 0.561. The Balaban J connectivity index is 1.57. The van der Waals surface area contributed by atoms with E-state index in [9.17, 15) is 19.2 Å². The minimum atomic E-state index is -1.10. The van der Waals surface area contributed by atoms with Crippen LogP contribution in [0.1, 0.15) is 39.5 Å². The van der Waals surface area contributed by atoms with E-state index in [4.69, 9.17) is 16.3 Å². The molecule has 1 saturated heterocycles. The van der Waals surface area contributed by atoms with Crippen LogP contribution in [0, 0.1) is 5.92 Å². The summed E-state index contributed by atoms with van der Waals surface area (Å²) in [6, 6.07) is 5.87. The van der Waals surface area contributed by atoms with Crippen molar-refractivity contribution in [1.82, 2.24) is 10.2 Å². The highest BCUT2D eigenvalue weighted by Crippen LogP contribution is 2.38. The highest BCUT2D eigenvalue weighted by molar-refractivity contribution is 6.30. The largest absolute Gasteiger partial charge is 0.451 e. The van der Waals surface area contributed by atoms with Gasteiger partial charge in [-0.25, -0.2) is 4.79 Å². The van der Waals surface area contributed by atoms with Crippen LogP contribution in [-0.2, 0) is 19.1 Å². The maximum atomic E-state index is 12.9. The zero-order valence-electron chi connectivity index (χ0n) is 16.4. The van der Waals surface area contributed by atoms with E-state index in [2.05, 4.69) is 10.6 Å². The summed E-state index contributed by atoms with van der Waals surface area (Å²) in [4.78, 5) is 50.5. The molecule has 1 saturated carbocycles. The topological polar surface area (TPSA) is 105 Å². The van der Waals surface area contributed by atoms with Crippen molar-refractivity contribution in [3.8, 4) is 0 Å². The summed E-state index contributed by atoms with van der Waals surface area (Å²) in [5, 5.41) is 5.91. The number of rotatable bonds is 5. The van der Waals surface area contributed by atoms with Gasteiger partial charge in [0.15, 0.2) is 6.10 Å². The van der Waals surface area contributed by atoms with E-state index < -0.39 is 42.0 Å². The molecule has 9 heteroatoms. The summed E-state index contributed by atoms with van der Waals surface area (Å²) >= 11 is 5.80. The van der Waals surface area contributed by atoms with Crippen LogP contribution in [0.2, 0.25) is 5.02 Å². The summed E-state index contributed by atoms with van der Waals surface area (Å²) in [6.07, 6.45) is 2.16. The first-order chi connectivity index (χ1) is 13.7. The number of hydrogen-bond acceptors (Lipinski definition) is 5. The third-order valence-corrected chi connectivity index (χ3v) is 5.83. The summed E-state index contributed by atoms with van der Waals surface area (Å²) in [5.41, 5.74) is -0.433. The minimum Gasteiger partial charge on any atom is -0.451 e. The number of ether oxygens (including phenoxy) is 1. The zero-order chi connectivity index (χ0) is 21.2. The second kappa shape index (κ2) is 8.41. The van der Waals surface area contributed by atoms with Crippen LogP contribution >= 0.6 is 11.6 Å². The first kappa shape index (κ1) is 21.1. The Morgan fingerprint density at radius 2 is 2.00 bits per heavy atom. The van der Waals surface area contributed by atoms with Gasteiger partial charge < -0.3 is 15.4 Å². The Labute approximate surface area is 173 Å². The Morgan fingerprint density at radius 1 is 1.31 bits per heavy atom. The zero-order valence-corrected chi connectivity index (χ0v) is 17.1. The van der Waals surface area contributed by atoms with Gasteiger partial charge in [0.05, 0.1) is 0 Å². The molecular formula is C20H24ClN3O5. The summed E-state index contributed by atoms with van der Waals surface area (Å²) in [6.45, 7) is 2.82. The second-order valence-electron chi connectivity index (χ2n) is 7.57. The number of carbonyl (C=O) groups is 4. The first-order valence-corrected chi connectivity index (χ1v) is 10.0. The van der Waals surface area contributed by atoms with Crippen LogP contribution < -0.4 is 10.6 Å². The molecule has 2 N–H and O–H groups in total. The van der Waals surface area contributed by atoms with Gasteiger partial charge in [0.2, 0.25) is 0 Å². The number of carbonyl (C=O) groups excluding carboxylic acids is 4. The van der Waals surface area contributed by atoms with Crippen molar-refractivity contribution in [1.29, 1.82) is 0 Å². The van der Waals surface area contributed by atoms with Gasteiger partial charge in [-0.3, -0.25) is 19.3 Å². The van der Waals surface area contributed by atoms with Crippen LogP contribution in [0.3, 0.4) is 0 Å².